The number of nitrogens with zero attached hydrogens (tertiary/aromatic N) is 2. The van der Waals surface area contributed by atoms with E-state index >= 15 is 0 Å². The molecule has 1 aliphatic rings. The Morgan fingerprint density at radius 1 is 0.900 bits per heavy atom. The third-order valence-corrected chi connectivity index (χ3v) is 2.73. The van der Waals surface area contributed by atoms with Gasteiger partial charge in [-0.25, -0.2) is 4.98 Å². The molecule has 2 aromatic carbocycles. The van der Waals surface area contributed by atoms with Crippen molar-refractivity contribution in [1.29, 1.82) is 0 Å². The maximum absolute atomic E-state index is 5.06. The molecule has 0 saturated heterocycles. The number of oxazole rings is 1. The lowest BCUT2D eigenvalue weighted by molar-refractivity contribution is 0.344. The number of allylic oxidation sites excluding steroid dienone is 1. The number of fused-ring (bicyclic) bond motifs is 2. The Kier molecular flexibility index (Phi) is 3.55. The number of aromatic nitrogens is 1. The summed E-state index contributed by atoms with van der Waals surface area (Å²) in [4.78, 5) is 9.01. The van der Waals surface area contributed by atoms with Crippen LogP contribution in [0.2, 0.25) is 0 Å². The zero-order chi connectivity index (χ0) is 13.6. The van der Waals surface area contributed by atoms with Gasteiger partial charge in [-0.1, -0.05) is 35.5 Å². The predicted molar refractivity (Wildman–Crippen MR) is 78.6 cm³/mol. The number of rotatable bonds is 0. The topological polar surface area (TPSA) is 47.6 Å². The smallest absolute Gasteiger partial charge is 0.181 e. The van der Waals surface area contributed by atoms with Crippen LogP contribution in [0.15, 0.2) is 70.6 Å². The molecule has 1 aromatic heterocycles. The van der Waals surface area contributed by atoms with Gasteiger partial charge in [0.05, 0.1) is 6.21 Å². The van der Waals surface area contributed by atoms with E-state index in [1.807, 2.05) is 60.7 Å². The molecule has 0 amide bonds. The fraction of sp³-hybridized carbons (Fsp3) is 0. The highest BCUT2D eigenvalue weighted by Gasteiger charge is 1.99. The number of hydrogen-bond donors (Lipinski definition) is 0. The van der Waals surface area contributed by atoms with E-state index in [0.717, 1.165) is 22.4 Å². The molecule has 2 heterocycles. The summed E-state index contributed by atoms with van der Waals surface area (Å²) in [5.41, 5.74) is 2.82. The van der Waals surface area contributed by atoms with E-state index in [1.54, 1.807) is 6.21 Å². The molecule has 0 bridgehead atoms. The molecule has 0 unspecified atom stereocenters. The molecule has 0 aliphatic carbocycles. The molecular weight excluding hydrogens is 252 g/mol. The minimum atomic E-state index is 0.803. The first-order valence-corrected chi connectivity index (χ1v) is 6.18. The van der Waals surface area contributed by atoms with Crippen LogP contribution in [0.5, 0.6) is 5.75 Å². The van der Waals surface area contributed by atoms with Crippen molar-refractivity contribution < 1.29 is 9.25 Å². The quantitative estimate of drug-likeness (QED) is 0.618. The molecule has 0 atom stereocenters. The van der Waals surface area contributed by atoms with Crippen molar-refractivity contribution in [1.82, 2.24) is 4.98 Å². The molecule has 4 rings (SSSR count). The van der Waals surface area contributed by atoms with E-state index in [0.29, 0.717) is 0 Å². The first-order valence-electron chi connectivity index (χ1n) is 6.18. The molecule has 3 aromatic rings. The zero-order valence-corrected chi connectivity index (χ0v) is 10.6. The monoisotopic (exact) mass is 264 g/mol. The van der Waals surface area contributed by atoms with Crippen LogP contribution in [-0.4, -0.2) is 11.2 Å². The Labute approximate surface area is 116 Å². The third kappa shape index (κ3) is 2.75. The van der Waals surface area contributed by atoms with Gasteiger partial charge in [-0.2, -0.15) is 0 Å². The van der Waals surface area contributed by atoms with Crippen LogP contribution < -0.4 is 4.84 Å². The Hall–Kier alpha value is -2.88. The molecule has 0 fully saturated rings. The number of hydrogen-bond acceptors (Lipinski definition) is 4. The Bertz CT molecular complexity index is 730. The summed E-state index contributed by atoms with van der Waals surface area (Å²) >= 11 is 0. The lowest BCUT2D eigenvalue weighted by Gasteiger charge is -1.98. The van der Waals surface area contributed by atoms with Gasteiger partial charge in [0, 0.05) is 5.56 Å². The van der Waals surface area contributed by atoms with Gasteiger partial charge in [-0.3, -0.25) is 0 Å². The zero-order valence-electron chi connectivity index (χ0n) is 10.6. The first-order chi connectivity index (χ1) is 9.93. The lowest BCUT2D eigenvalue weighted by Crippen LogP contribution is -1.82. The maximum Gasteiger partial charge on any atom is 0.181 e. The largest absolute Gasteiger partial charge is 0.443 e. The molecule has 4 heteroatoms. The van der Waals surface area contributed by atoms with Crippen LogP contribution in [0.4, 0.5) is 0 Å². The highest BCUT2D eigenvalue weighted by Crippen LogP contribution is 2.20. The van der Waals surface area contributed by atoms with E-state index in [9.17, 15) is 0 Å². The van der Waals surface area contributed by atoms with Gasteiger partial charge in [-0.05, 0) is 30.4 Å². The summed E-state index contributed by atoms with van der Waals surface area (Å²) in [6, 6.07) is 15.4. The van der Waals surface area contributed by atoms with Gasteiger partial charge in [-0.15, -0.1) is 0 Å². The van der Waals surface area contributed by atoms with Crippen LogP contribution in [-0.2, 0) is 0 Å². The summed E-state index contributed by atoms with van der Waals surface area (Å²) in [5, 5.41) is 3.70. The second-order valence-corrected chi connectivity index (χ2v) is 4.06. The molecule has 0 N–H and O–H groups in total. The SMILES string of the molecule is C1=Cc2ccccc2ON=C1.c1ccc2ocnc2c1. The second-order valence-electron chi connectivity index (χ2n) is 4.06. The average molecular weight is 264 g/mol. The van der Waals surface area contributed by atoms with Crippen molar-refractivity contribution in [2.75, 3.05) is 0 Å². The molecule has 1 aliphatic heterocycles. The maximum atomic E-state index is 5.06. The van der Waals surface area contributed by atoms with Gasteiger partial charge in [0.1, 0.15) is 5.52 Å². The molecule has 0 saturated carbocycles. The number of oxime groups is 1. The Balaban J connectivity index is 0.000000123. The van der Waals surface area contributed by atoms with Crippen molar-refractivity contribution in [3.05, 3.63) is 66.6 Å². The van der Waals surface area contributed by atoms with E-state index < -0.39 is 0 Å². The molecule has 0 radical (unpaired) electrons. The Morgan fingerprint density at radius 2 is 1.75 bits per heavy atom. The summed E-state index contributed by atoms with van der Waals surface area (Å²) in [6.07, 6.45) is 6.89. The van der Waals surface area contributed by atoms with Crippen LogP contribution in [0, 0.1) is 0 Å². The lowest BCUT2D eigenvalue weighted by atomic mass is 10.2. The van der Waals surface area contributed by atoms with Crippen molar-refractivity contribution in [3.8, 4) is 5.75 Å². The second kappa shape index (κ2) is 5.84. The van der Waals surface area contributed by atoms with Crippen LogP contribution in [0.1, 0.15) is 5.56 Å². The summed E-state index contributed by atoms with van der Waals surface area (Å²) in [7, 11) is 0. The highest BCUT2D eigenvalue weighted by atomic mass is 16.6. The minimum Gasteiger partial charge on any atom is -0.443 e. The highest BCUT2D eigenvalue weighted by molar-refractivity contribution is 5.80. The molecular formula is C16H12N2O2. The summed E-state index contributed by atoms with van der Waals surface area (Å²) < 4.78 is 5.01. The fourth-order valence-corrected chi connectivity index (χ4v) is 1.77. The average Bonchev–Trinajstić information content (AvgIpc) is 2.85. The molecule has 20 heavy (non-hydrogen) atoms. The Morgan fingerprint density at radius 3 is 2.70 bits per heavy atom. The van der Waals surface area contributed by atoms with Crippen LogP contribution >= 0.6 is 0 Å². The van der Waals surface area contributed by atoms with Crippen LogP contribution in [0.25, 0.3) is 17.2 Å². The van der Waals surface area contributed by atoms with Gasteiger partial charge < -0.3 is 9.25 Å². The fourth-order valence-electron chi connectivity index (χ4n) is 1.77. The van der Waals surface area contributed by atoms with E-state index in [-0.39, 0.29) is 0 Å². The normalized spacial score (nSPS) is 12.0. The van der Waals surface area contributed by atoms with Gasteiger partial charge >= 0.3 is 0 Å². The standard InChI is InChI=1S/C9H7NO.C7H5NO/c1-2-6-9-8(4-1)5-3-7-10-11-9;1-2-4-7-6(3-1)8-5-9-7/h1-7H;1-5H. The summed E-state index contributed by atoms with van der Waals surface area (Å²) in [6.45, 7) is 0. The van der Waals surface area contributed by atoms with Crippen molar-refractivity contribution >= 4 is 23.4 Å². The third-order valence-electron chi connectivity index (χ3n) is 2.73. The van der Waals surface area contributed by atoms with Crippen molar-refractivity contribution in [2.45, 2.75) is 0 Å². The van der Waals surface area contributed by atoms with Gasteiger partial charge in [0.2, 0.25) is 0 Å². The number of benzene rings is 2. The van der Waals surface area contributed by atoms with Crippen LogP contribution in [0.3, 0.4) is 0 Å². The molecule has 0 spiro atoms. The first kappa shape index (κ1) is 12.2. The number of para-hydroxylation sites is 3. The molecule has 4 nitrogen and oxygen atoms in total. The summed E-state index contributed by atoms with van der Waals surface area (Å²) in [5.74, 6) is 0.803. The van der Waals surface area contributed by atoms with E-state index in [1.165, 1.54) is 6.39 Å². The minimum absolute atomic E-state index is 0.803. The van der Waals surface area contributed by atoms with E-state index in [2.05, 4.69) is 10.1 Å². The van der Waals surface area contributed by atoms with Crippen molar-refractivity contribution in [2.24, 2.45) is 5.16 Å². The molecule has 98 valence electrons. The van der Waals surface area contributed by atoms with Gasteiger partial charge in [0.15, 0.2) is 17.7 Å². The van der Waals surface area contributed by atoms with Crippen molar-refractivity contribution in [3.63, 3.8) is 0 Å². The van der Waals surface area contributed by atoms with Gasteiger partial charge in [0.25, 0.3) is 0 Å². The van der Waals surface area contributed by atoms with E-state index in [4.69, 9.17) is 9.25 Å². The predicted octanol–water partition coefficient (Wildman–Crippen LogP) is 3.91.